The Morgan fingerprint density at radius 1 is 1.35 bits per heavy atom. The van der Waals surface area contributed by atoms with Crippen molar-refractivity contribution in [3.8, 4) is 0 Å². The van der Waals surface area contributed by atoms with Gasteiger partial charge in [-0.15, -0.1) is 0 Å². The summed E-state index contributed by atoms with van der Waals surface area (Å²) in [5.74, 6) is -0.644. The maximum absolute atomic E-state index is 11.4. The molecule has 26 heavy (non-hydrogen) atoms. The van der Waals surface area contributed by atoms with Crippen LogP contribution in [0.3, 0.4) is 0 Å². The standard InChI is InChI=1S/C16H17N5O4S/c1-9-3-4-11(18-8-26(24)25)5-13(9)20-15-14-10(2)12(16(22)23)6-21(14)19-7-17-15/h3-7,18H,8H2,1-2H3,(H,22,23)(H,24,25)(H,17,19,20). The molecule has 0 aliphatic rings. The smallest absolute Gasteiger partial charge is 0.337 e. The third-order valence-corrected chi connectivity index (χ3v) is 4.34. The van der Waals surface area contributed by atoms with Gasteiger partial charge in [0.2, 0.25) is 0 Å². The molecule has 3 rings (SSSR count). The molecule has 3 aromatic rings. The third kappa shape index (κ3) is 3.51. The summed E-state index contributed by atoms with van der Waals surface area (Å²) in [5.41, 5.74) is 3.62. The molecule has 0 aliphatic heterocycles. The van der Waals surface area contributed by atoms with E-state index in [-0.39, 0.29) is 11.4 Å². The van der Waals surface area contributed by atoms with Crippen molar-refractivity contribution in [2.75, 3.05) is 16.5 Å². The van der Waals surface area contributed by atoms with Crippen LogP contribution >= 0.6 is 0 Å². The second-order valence-corrected chi connectivity index (χ2v) is 6.60. The molecule has 0 aliphatic carbocycles. The summed E-state index contributed by atoms with van der Waals surface area (Å²) < 4.78 is 21.2. The Morgan fingerprint density at radius 2 is 2.12 bits per heavy atom. The van der Waals surface area contributed by atoms with E-state index in [1.807, 2.05) is 13.0 Å². The van der Waals surface area contributed by atoms with Crippen LogP contribution in [0.1, 0.15) is 21.5 Å². The molecule has 2 heterocycles. The number of aromatic nitrogens is 3. The first-order valence-corrected chi connectivity index (χ1v) is 8.89. The number of aryl methyl sites for hydroxylation is 2. The van der Waals surface area contributed by atoms with E-state index in [1.165, 1.54) is 17.0 Å². The van der Waals surface area contributed by atoms with Gasteiger partial charge in [0.1, 0.15) is 17.7 Å². The van der Waals surface area contributed by atoms with Crippen molar-refractivity contribution in [2.24, 2.45) is 0 Å². The highest BCUT2D eigenvalue weighted by molar-refractivity contribution is 7.79. The van der Waals surface area contributed by atoms with Crippen LogP contribution < -0.4 is 10.6 Å². The average Bonchev–Trinajstić information content (AvgIpc) is 2.93. The quantitative estimate of drug-likeness (QED) is 0.483. The maximum atomic E-state index is 11.4. The molecule has 0 bridgehead atoms. The number of aromatic carboxylic acids is 1. The molecule has 1 atom stereocenters. The number of benzene rings is 1. The molecule has 0 spiro atoms. The van der Waals surface area contributed by atoms with Gasteiger partial charge in [-0.3, -0.25) is 0 Å². The summed E-state index contributed by atoms with van der Waals surface area (Å²) in [7, 11) is 0. The van der Waals surface area contributed by atoms with Gasteiger partial charge in [-0.2, -0.15) is 5.10 Å². The number of fused-ring (bicyclic) bond motifs is 1. The van der Waals surface area contributed by atoms with Crippen LogP contribution in [0.15, 0.2) is 30.7 Å². The lowest BCUT2D eigenvalue weighted by Gasteiger charge is -2.13. The van der Waals surface area contributed by atoms with Crippen LogP contribution in [0.5, 0.6) is 0 Å². The van der Waals surface area contributed by atoms with E-state index in [0.717, 1.165) is 11.3 Å². The Kier molecular flexibility index (Phi) is 4.87. The van der Waals surface area contributed by atoms with E-state index >= 15 is 0 Å². The molecule has 1 unspecified atom stereocenters. The van der Waals surface area contributed by atoms with Gasteiger partial charge in [0.15, 0.2) is 16.9 Å². The van der Waals surface area contributed by atoms with Crippen molar-refractivity contribution in [3.63, 3.8) is 0 Å². The zero-order valence-electron chi connectivity index (χ0n) is 14.1. The predicted molar refractivity (Wildman–Crippen MR) is 98.4 cm³/mol. The van der Waals surface area contributed by atoms with Crippen LogP contribution in [0, 0.1) is 13.8 Å². The summed E-state index contributed by atoms with van der Waals surface area (Å²) in [6, 6.07) is 5.45. The van der Waals surface area contributed by atoms with E-state index in [9.17, 15) is 14.1 Å². The molecule has 0 amide bonds. The van der Waals surface area contributed by atoms with Gasteiger partial charge in [-0.05, 0) is 37.1 Å². The SMILES string of the molecule is Cc1ccc(NCS(=O)O)cc1Nc1ncnn2cc(C(=O)O)c(C)c12. The van der Waals surface area contributed by atoms with E-state index in [4.69, 9.17) is 4.55 Å². The molecular weight excluding hydrogens is 358 g/mol. The highest BCUT2D eigenvalue weighted by atomic mass is 32.2. The summed E-state index contributed by atoms with van der Waals surface area (Å²) in [6.07, 6.45) is 2.79. The van der Waals surface area contributed by atoms with Gasteiger partial charge in [-0.25, -0.2) is 18.5 Å². The molecule has 0 fully saturated rings. The lowest BCUT2D eigenvalue weighted by Crippen LogP contribution is -2.07. The molecule has 1 aromatic carbocycles. The van der Waals surface area contributed by atoms with Gasteiger partial charge in [0, 0.05) is 17.6 Å². The zero-order chi connectivity index (χ0) is 18.8. The number of carboxylic acid groups (broad SMARTS) is 1. The Hall–Kier alpha value is -2.98. The van der Waals surface area contributed by atoms with Crippen LogP contribution in [-0.2, 0) is 11.1 Å². The summed E-state index contributed by atoms with van der Waals surface area (Å²) in [6.45, 7) is 3.61. The fourth-order valence-electron chi connectivity index (χ4n) is 2.61. The minimum Gasteiger partial charge on any atom is -0.478 e. The second kappa shape index (κ2) is 7.10. The molecule has 0 radical (unpaired) electrons. The lowest BCUT2D eigenvalue weighted by molar-refractivity contribution is 0.0696. The fraction of sp³-hybridized carbons (Fsp3) is 0.188. The first kappa shape index (κ1) is 17.8. The topological polar surface area (TPSA) is 129 Å². The molecule has 4 N–H and O–H groups in total. The number of carboxylic acids is 1. The Morgan fingerprint density at radius 3 is 2.81 bits per heavy atom. The van der Waals surface area contributed by atoms with E-state index < -0.39 is 17.0 Å². The van der Waals surface area contributed by atoms with Crippen LogP contribution in [0.25, 0.3) is 5.52 Å². The van der Waals surface area contributed by atoms with E-state index in [1.54, 1.807) is 19.1 Å². The van der Waals surface area contributed by atoms with Gasteiger partial charge in [0.25, 0.3) is 0 Å². The van der Waals surface area contributed by atoms with Crippen LogP contribution in [-0.4, -0.2) is 40.3 Å². The second-order valence-electron chi connectivity index (χ2n) is 5.67. The maximum Gasteiger partial charge on any atom is 0.337 e. The van der Waals surface area contributed by atoms with Crippen molar-refractivity contribution in [3.05, 3.63) is 47.4 Å². The van der Waals surface area contributed by atoms with Crippen LogP contribution in [0.4, 0.5) is 17.2 Å². The Labute approximate surface area is 151 Å². The number of nitrogens with zero attached hydrogens (tertiary/aromatic N) is 3. The first-order valence-electron chi connectivity index (χ1n) is 7.62. The largest absolute Gasteiger partial charge is 0.478 e. The van der Waals surface area contributed by atoms with Gasteiger partial charge >= 0.3 is 5.97 Å². The normalized spacial score (nSPS) is 12.1. The van der Waals surface area contributed by atoms with E-state index in [0.29, 0.717) is 22.6 Å². The number of hydrogen-bond acceptors (Lipinski definition) is 6. The van der Waals surface area contributed by atoms with Gasteiger partial charge in [0.05, 0.1) is 5.56 Å². The Bertz CT molecular complexity index is 1020. The predicted octanol–water partition coefficient (Wildman–Crippen LogP) is 2.38. The Balaban J connectivity index is 2.00. The lowest BCUT2D eigenvalue weighted by atomic mass is 10.1. The molecular formula is C16H17N5O4S. The van der Waals surface area contributed by atoms with Crippen LogP contribution in [0.2, 0.25) is 0 Å². The number of nitrogens with one attached hydrogen (secondary N) is 2. The molecule has 0 saturated heterocycles. The third-order valence-electron chi connectivity index (χ3n) is 3.95. The summed E-state index contributed by atoms with van der Waals surface area (Å²) in [5, 5.41) is 19.4. The highest BCUT2D eigenvalue weighted by Crippen LogP contribution is 2.28. The number of carbonyl (C=O) groups is 1. The average molecular weight is 375 g/mol. The number of hydrogen-bond donors (Lipinski definition) is 4. The molecule has 0 saturated carbocycles. The molecule has 2 aromatic heterocycles. The summed E-state index contributed by atoms with van der Waals surface area (Å²) in [4.78, 5) is 15.6. The molecule has 9 nitrogen and oxygen atoms in total. The molecule has 10 heteroatoms. The monoisotopic (exact) mass is 375 g/mol. The van der Waals surface area contributed by atoms with Crippen molar-refractivity contribution in [1.29, 1.82) is 0 Å². The van der Waals surface area contributed by atoms with E-state index in [2.05, 4.69) is 20.7 Å². The minimum atomic E-state index is -1.95. The van der Waals surface area contributed by atoms with Gasteiger partial charge in [-0.1, -0.05) is 6.07 Å². The fourth-order valence-corrected chi connectivity index (χ4v) is 2.90. The minimum absolute atomic E-state index is 0.0833. The van der Waals surface area contributed by atoms with Crippen molar-refractivity contribution in [1.82, 2.24) is 14.6 Å². The number of rotatable bonds is 6. The van der Waals surface area contributed by atoms with Crippen molar-refractivity contribution in [2.45, 2.75) is 13.8 Å². The van der Waals surface area contributed by atoms with Gasteiger partial charge < -0.3 is 20.3 Å². The summed E-state index contributed by atoms with van der Waals surface area (Å²) >= 11 is -1.95. The first-order chi connectivity index (χ1) is 12.4. The number of anilines is 3. The zero-order valence-corrected chi connectivity index (χ0v) is 14.9. The molecule has 136 valence electrons. The van der Waals surface area contributed by atoms with Crippen molar-refractivity contribution < 1.29 is 18.7 Å². The highest BCUT2D eigenvalue weighted by Gasteiger charge is 2.17. The van der Waals surface area contributed by atoms with Crippen molar-refractivity contribution >= 4 is 39.8 Å².